The van der Waals surface area contributed by atoms with Crippen LogP contribution in [0.2, 0.25) is 10.0 Å². The smallest absolute Gasteiger partial charge is 0.233 e. The van der Waals surface area contributed by atoms with Gasteiger partial charge in [0.2, 0.25) is 11.8 Å². The molecule has 0 aromatic heterocycles. The van der Waals surface area contributed by atoms with Crippen LogP contribution in [-0.2, 0) is 9.59 Å². The summed E-state index contributed by atoms with van der Waals surface area (Å²) in [6.45, 7) is 6.11. The number of carbonyl (C=O) groups is 2. The van der Waals surface area contributed by atoms with Gasteiger partial charge in [0.15, 0.2) is 0 Å². The fraction of sp³-hybridized carbons (Fsp3) is 0.467. The Morgan fingerprint density at radius 1 is 1.18 bits per heavy atom. The summed E-state index contributed by atoms with van der Waals surface area (Å²) in [5.74, 6) is -0.543. The largest absolute Gasteiger partial charge is 0.340 e. The molecule has 1 aromatic rings. The molecule has 7 heteroatoms. The Morgan fingerprint density at radius 2 is 1.86 bits per heavy atom. The monoisotopic (exact) mass is 343 g/mol. The molecule has 0 saturated carbocycles. The first-order valence-corrected chi connectivity index (χ1v) is 8.00. The number of piperazine rings is 1. The third-order valence-corrected chi connectivity index (χ3v) is 4.25. The molecular formula is C15H19Cl2N3O2. The van der Waals surface area contributed by atoms with E-state index in [1.807, 2.05) is 0 Å². The van der Waals surface area contributed by atoms with Gasteiger partial charge in [-0.3, -0.25) is 9.59 Å². The van der Waals surface area contributed by atoms with Crippen LogP contribution in [0.4, 0.5) is 5.69 Å². The van der Waals surface area contributed by atoms with Crippen molar-refractivity contribution in [2.45, 2.75) is 13.3 Å². The molecule has 1 aliphatic heterocycles. The maximum atomic E-state index is 12.1. The van der Waals surface area contributed by atoms with Gasteiger partial charge in [-0.2, -0.15) is 0 Å². The second-order valence-corrected chi connectivity index (χ2v) is 6.01. The van der Waals surface area contributed by atoms with Gasteiger partial charge < -0.3 is 15.1 Å². The lowest BCUT2D eigenvalue weighted by molar-refractivity contribution is -0.136. The van der Waals surface area contributed by atoms with E-state index in [0.29, 0.717) is 28.8 Å². The lowest BCUT2D eigenvalue weighted by Gasteiger charge is -2.34. The van der Waals surface area contributed by atoms with E-state index < -0.39 is 0 Å². The number of rotatable bonds is 4. The number of amides is 2. The van der Waals surface area contributed by atoms with Gasteiger partial charge in [-0.1, -0.05) is 30.1 Å². The minimum absolute atomic E-state index is 0.161. The van der Waals surface area contributed by atoms with E-state index >= 15 is 0 Å². The number of nitrogens with zero attached hydrogens (tertiary/aromatic N) is 2. The standard InChI is InChI=1S/C15H19Cl2N3O2/c1-2-19-5-7-20(8-6-19)15(22)10-14(21)18-13-9-11(16)3-4-12(13)17/h3-4,9H,2,5-8,10H2,1H3,(H,18,21). The Balaban J connectivity index is 1.86. The Hall–Kier alpha value is -1.30. The zero-order chi connectivity index (χ0) is 16.1. The summed E-state index contributed by atoms with van der Waals surface area (Å²) in [6, 6.07) is 4.80. The maximum absolute atomic E-state index is 12.1. The zero-order valence-corrected chi connectivity index (χ0v) is 14.0. The van der Waals surface area contributed by atoms with E-state index in [-0.39, 0.29) is 18.2 Å². The van der Waals surface area contributed by atoms with Crippen LogP contribution in [-0.4, -0.2) is 54.3 Å². The molecule has 1 aliphatic rings. The van der Waals surface area contributed by atoms with Crippen LogP contribution in [0.3, 0.4) is 0 Å². The molecule has 22 heavy (non-hydrogen) atoms. The van der Waals surface area contributed by atoms with Gasteiger partial charge >= 0.3 is 0 Å². The Labute approximate surface area is 140 Å². The number of likely N-dealkylation sites (N-methyl/N-ethyl adjacent to an activating group) is 1. The first kappa shape index (κ1) is 17.1. The number of hydrogen-bond donors (Lipinski definition) is 1. The molecule has 120 valence electrons. The van der Waals surface area contributed by atoms with Crippen molar-refractivity contribution in [2.24, 2.45) is 0 Å². The third kappa shape index (κ3) is 4.60. The quantitative estimate of drug-likeness (QED) is 0.854. The molecule has 1 saturated heterocycles. The van der Waals surface area contributed by atoms with Crippen LogP contribution >= 0.6 is 23.2 Å². The van der Waals surface area contributed by atoms with Crippen molar-refractivity contribution < 1.29 is 9.59 Å². The zero-order valence-electron chi connectivity index (χ0n) is 12.4. The Kier molecular flexibility index (Phi) is 6.06. The number of carbonyl (C=O) groups excluding carboxylic acids is 2. The first-order valence-electron chi connectivity index (χ1n) is 7.24. The number of nitrogens with one attached hydrogen (secondary N) is 1. The van der Waals surface area contributed by atoms with Crippen molar-refractivity contribution in [2.75, 3.05) is 38.0 Å². The molecule has 1 N–H and O–H groups in total. The van der Waals surface area contributed by atoms with E-state index in [1.54, 1.807) is 23.1 Å². The average molecular weight is 344 g/mol. The Morgan fingerprint density at radius 3 is 2.50 bits per heavy atom. The molecule has 0 atom stereocenters. The summed E-state index contributed by atoms with van der Waals surface area (Å²) in [5.41, 5.74) is 0.419. The first-order chi connectivity index (χ1) is 10.5. The third-order valence-electron chi connectivity index (χ3n) is 3.69. The van der Waals surface area contributed by atoms with Crippen molar-refractivity contribution in [3.05, 3.63) is 28.2 Å². The summed E-state index contributed by atoms with van der Waals surface area (Å²) in [7, 11) is 0. The highest BCUT2D eigenvalue weighted by Crippen LogP contribution is 2.25. The predicted octanol–water partition coefficient (Wildman–Crippen LogP) is 2.49. The van der Waals surface area contributed by atoms with Crippen LogP contribution in [0, 0.1) is 0 Å². The van der Waals surface area contributed by atoms with Gasteiger partial charge in [-0.15, -0.1) is 0 Å². The number of halogens is 2. The second-order valence-electron chi connectivity index (χ2n) is 5.16. The van der Waals surface area contributed by atoms with Crippen LogP contribution in [0.5, 0.6) is 0 Å². The Bertz CT molecular complexity index is 558. The van der Waals surface area contributed by atoms with Crippen molar-refractivity contribution >= 4 is 40.7 Å². The minimum Gasteiger partial charge on any atom is -0.340 e. The number of benzene rings is 1. The van der Waals surface area contributed by atoms with Crippen molar-refractivity contribution in [1.29, 1.82) is 0 Å². The van der Waals surface area contributed by atoms with Crippen LogP contribution < -0.4 is 5.32 Å². The molecule has 0 aliphatic carbocycles. The van der Waals surface area contributed by atoms with E-state index in [9.17, 15) is 9.59 Å². The molecule has 0 unspecified atom stereocenters. The van der Waals surface area contributed by atoms with Gasteiger partial charge in [0.1, 0.15) is 6.42 Å². The molecule has 5 nitrogen and oxygen atoms in total. The maximum Gasteiger partial charge on any atom is 0.233 e. The van der Waals surface area contributed by atoms with Gasteiger partial charge in [0, 0.05) is 31.2 Å². The minimum atomic E-state index is -0.382. The predicted molar refractivity (Wildman–Crippen MR) is 88.4 cm³/mol. The lowest BCUT2D eigenvalue weighted by Crippen LogP contribution is -2.49. The molecule has 0 bridgehead atoms. The van der Waals surface area contributed by atoms with Gasteiger partial charge in [-0.25, -0.2) is 0 Å². The fourth-order valence-electron chi connectivity index (χ4n) is 2.35. The molecule has 1 aromatic carbocycles. The van der Waals surface area contributed by atoms with E-state index in [0.717, 1.165) is 19.6 Å². The summed E-state index contributed by atoms with van der Waals surface area (Å²) in [5, 5.41) is 3.49. The fourth-order valence-corrected chi connectivity index (χ4v) is 2.69. The second kappa shape index (κ2) is 7.81. The van der Waals surface area contributed by atoms with Gasteiger partial charge in [-0.05, 0) is 24.7 Å². The average Bonchev–Trinajstić information content (AvgIpc) is 2.51. The highest BCUT2D eigenvalue weighted by Gasteiger charge is 2.22. The molecule has 2 amide bonds. The van der Waals surface area contributed by atoms with E-state index in [2.05, 4.69) is 17.1 Å². The van der Waals surface area contributed by atoms with Crippen LogP contribution in [0.15, 0.2) is 18.2 Å². The van der Waals surface area contributed by atoms with Crippen LogP contribution in [0.1, 0.15) is 13.3 Å². The highest BCUT2D eigenvalue weighted by atomic mass is 35.5. The highest BCUT2D eigenvalue weighted by molar-refractivity contribution is 6.35. The number of anilines is 1. The molecule has 1 fully saturated rings. The summed E-state index contributed by atoms with van der Waals surface area (Å²) >= 11 is 11.8. The molecule has 0 spiro atoms. The van der Waals surface area contributed by atoms with Crippen molar-refractivity contribution in [3.8, 4) is 0 Å². The van der Waals surface area contributed by atoms with Crippen LogP contribution in [0.25, 0.3) is 0 Å². The normalized spacial score (nSPS) is 15.7. The summed E-state index contributed by atoms with van der Waals surface area (Å²) in [6.07, 6.45) is -0.186. The van der Waals surface area contributed by atoms with Gasteiger partial charge in [0.05, 0.1) is 10.7 Å². The van der Waals surface area contributed by atoms with Crippen molar-refractivity contribution in [1.82, 2.24) is 9.80 Å². The summed E-state index contributed by atoms with van der Waals surface area (Å²) in [4.78, 5) is 28.1. The number of hydrogen-bond acceptors (Lipinski definition) is 3. The van der Waals surface area contributed by atoms with E-state index in [1.165, 1.54) is 0 Å². The topological polar surface area (TPSA) is 52.7 Å². The molecule has 0 radical (unpaired) electrons. The molecule has 1 heterocycles. The molecule has 2 rings (SSSR count). The lowest BCUT2D eigenvalue weighted by atomic mass is 10.2. The molecular weight excluding hydrogens is 325 g/mol. The van der Waals surface area contributed by atoms with E-state index in [4.69, 9.17) is 23.2 Å². The van der Waals surface area contributed by atoms with Gasteiger partial charge in [0.25, 0.3) is 0 Å². The summed E-state index contributed by atoms with van der Waals surface area (Å²) < 4.78 is 0. The SMILES string of the molecule is CCN1CCN(C(=O)CC(=O)Nc2cc(Cl)ccc2Cl)CC1. The van der Waals surface area contributed by atoms with Crippen molar-refractivity contribution in [3.63, 3.8) is 0 Å².